The quantitative estimate of drug-likeness (QED) is 0.481. The minimum absolute atomic E-state index is 0.308. The van der Waals surface area contributed by atoms with Crippen molar-refractivity contribution in [2.45, 2.75) is 0 Å². The number of carbonyl (C=O) groups is 1. The van der Waals surface area contributed by atoms with E-state index in [1.165, 1.54) is 0 Å². The van der Waals surface area contributed by atoms with Gasteiger partial charge >= 0.3 is 0 Å². The first-order valence-corrected chi connectivity index (χ1v) is 8.56. The molecule has 29 heavy (non-hydrogen) atoms. The zero-order valence-corrected chi connectivity index (χ0v) is 15.2. The highest BCUT2D eigenvalue weighted by atomic mass is 16.5. The van der Waals surface area contributed by atoms with Gasteiger partial charge in [0.15, 0.2) is 0 Å². The van der Waals surface area contributed by atoms with Gasteiger partial charge in [-0.2, -0.15) is 15.6 Å². The monoisotopic (exact) mass is 381 g/mol. The fraction of sp³-hybridized carbons (Fsp3) is 0. The molecule has 0 fully saturated rings. The van der Waals surface area contributed by atoms with E-state index in [9.17, 15) is 4.79 Å². The Balaban J connectivity index is 1.64. The van der Waals surface area contributed by atoms with E-state index in [1.54, 1.807) is 60.7 Å². The van der Waals surface area contributed by atoms with Gasteiger partial charge in [-0.15, -0.1) is 0 Å². The molecule has 0 aliphatic rings. The van der Waals surface area contributed by atoms with Gasteiger partial charge in [0.1, 0.15) is 23.6 Å². The Hall–Kier alpha value is -4.62. The molecule has 0 radical (unpaired) electrons. The van der Waals surface area contributed by atoms with E-state index in [-0.39, 0.29) is 11.6 Å². The van der Waals surface area contributed by atoms with Crippen LogP contribution in [0, 0.1) is 22.7 Å². The summed E-state index contributed by atoms with van der Waals surface area (Å²) in [6.45, 7) is 0. The maximum atomic E-state index is 12.5. The van der Waals surface area contributed by atoms with Crippen LogP contribution in [0.25, 0.3) is 0 Å². The molecule has 3 rings (SSSR count). The van der Waals surface area contributed by atoms with Gasteiger partial charge in [-0.25, -0.2) is 0 Å². The van der Waals surface area contributed by atoms with Gasteiger partial charge in [-0.1, -0.05) is 24.3 Å². The van der Waals surface area contributed by atoms with Crippen molar-refractivity contribution < 1.29 is 9.53 Å². The number of nitriles is 2. The van der Waals surface area contributed by atoms with Crippen LogP contribution in [0.5, 0.6) is 11.5 Å². The Morgan fingerprint density at radius 3 is 2.21 bits per heavy atom. The van der Waals surface area contributed by atoms with E-state index < -0.39 is 0 Å². The zero-order chi connectivity index (χ0) is 20.5. The van der Waals surface area contributed by atoms with Crippen LogP contribution in [-0.4, -0.2) is 11.6 Å². The number of hydrazone groups is 1. The smallest absolute Gasteiger partial charge is 0.255 e. The molecule has 0 aromatic heterocycles. The molecule has 7 nitrogen and oxygen atoms in total. The van der Waals surface area contributed by atoms with Crippen LogP contribution in [0.4, 0.5) is 11.4 Å². The van der Waals surface area contributed by atoms with Crippen molar-refractivity contribution in [2.24, 2.45) is 5.10 Å². The van der Waals surface area contributed by atoms with Crippen LogP contribution in [0.15, 0.2) is 84.0 Å². The number of hydrogen-bond donors (Lipinski definition) is 2. The summed E-state index contributed by atoms with van der Waals surface area (Å²) in [7, 11) is 0. The Kier molecular flexibility index (Phi) is 6.18. The third kappa shape index (κ3) is 5.43. The van der Waals surface area contributed by atoms with Crippen LogP contribution >= 0.6 is 0 Å². The Morgan fingerprint density at radius 1 is 0.828 bits per heavy atom. The lowest BCUT2D eigenvalue weighted by Gasteiger charge is -2.09. The van der Waals surface area contributed by atoms with Gasteiger partial charge in [0, 0.05) is 11.3 Å². The number of amides is 1. The molecular weight excluding hydrogens is 366 g/mol. The Morgan fingerprint density at radius 2 is 1.52 bits per heavy atom. The molecule has 140 valence electrons. The highest BCUT2D eigenvalue weighted by Crippen LogP contribution is 2.23. The number of hydrogen-bond acceptors (Lipinski definition) is 6. The summed E-state index contributed by atoms with van der Waals surface area (Å²) in [5.74, 6) is 1.08. The van der Waals surface area contributed by atoms with Crippen molar-refractivity contribution in [1.29, 1.82) is 10.5 Å². The number of carbonyl (C=O) groups excluding carboxylic acids is 1. The fourth-order valence-electron chi connectivity index (χ4n) is 2.36. The lowest BCUT2D eigenvalue weighted by molar-refractivity contribution is 0.102. The van der Waals surface area contributed by atoms with E-state index >= 15 is 0 Å². The molecule has 2 N–H and O–H groups in total. The third-order valence-corrected chi connectivity index (χ3v) is 3.72. The van der Waals surface area contributed by atoms with Crippen LogP contribution in [-0.2, 0) is 0 Å². The van der Waals surface area contributed by atoms with Gasteiger partial charge in [0.2, 0.25) is 5.71 Å². The predicted octanol–water partition coefficient (Wildman–Crippen LogP) is 4.55. The van der Waals surface area contributed by atoms with Crippen molar-refractivity contribution in [3.05, 3.63) is 84.4 Å². The van der Waals surface area contributed by atoms with Gasteiger partial charge in [-0.05, 0) is 54.6 Å². The van der Waals surface area contributed by atoms with Crippen LogP contribution in [0.3, 0.4) is 0 Å². The predicted molar refractivity (Wildman–Crippen MR) is 110 cm³/mol. The molecule has 3 aromatic rings. The number of nitrogens with one attached hydrogen (secondary N) is 2. The number of nitrogens with zero attached hydrogens (tertiary/aromatic N) is 3. The summed E-state index contributed by atoms with van der Waals surface area (Å²) in [6.07, 6.45) is 0. The molecule has 0 unspecified atom stereocenters. The number of ether oxygens (including phenoxy) is 1. The van der Waals surface area contributed by atoms with Crippen LogP contribution in [0.2, 0.25) is 0 Å². The Bertz CT molecular complexity index is 1090. The van der Waals surface area contributed by atoms with Gasteiger partial charge in [0.05, 0.1) is 5.69 Å². The lowest BCUT2D eigenvalue weighted by Crippen LogP contribution is -2.12. The standard InChI is InChI=1S/C22H15N5O2/c23-14-19(15-24)27-26-18-6-4-5-16(13-18)22(28)25-17-9-11-21(12-10-17)29-20-7-2-1-3-8-20/h1-13,26H,(H,25,28). The molecule has 0 spiro atoms. The van der Waals surface area contributed by atoms with Crippen LogP contribution in [0.1, 0.15) is 10.4 Å². The SMILES string of the molecule is N#CC(C#N)=NNc1cccc(C(=O)Nc2ccc(Oc3ccccc3)cc2)c1. The van der Waals surface area contributed by atoms with Crippen molar-refractivity contribution >= 4 is 23.0 Å². The molecule has 0 aliphatic heterocycles. The number of rotatable bonds is 6. The van der Waals surface area contributed by atoms with Gasteiger partial charge < -0.3 is 10.1 Å². The molecule has 0 heterocycles. The first kappa shape index (κ1) is 19.2. The highest BCUT2D eigenvalue weighted by molar-refractivity contribution is 6.10. The van der Waals surface area contributed by atoms with E-state index in [2.05, 4.69) is 15.8 Å². The van der Waals surface area contributed by atoms with E-state index in [0.717, 1.165) is 5.75 Å². The average Bonchev–Trinajstić information content (AvgIpc) is 2.77. The molecule has 1 amide bonds. The number of anilines is 2. The maximum absolute atomic E-state index is 12.5. The number of benzene rings is 3. The average molecular weight is 381 g/mol. The molecule has 0 saturated carbocycles. The van der Waals surface area contributed by atoms with Gasteiger partial charge in [0.25, 0.3) is 5.91 Å². The van der Waals surface area contributed by atoms with Crippen LogP contribution < -0.4 is 15.5 Å². The third-order valence-electron chi connectivity index (χ3n) is 3.72. The fourth-order valence-corrected chi connectivity index (χ4v) is 2.36. The molecule has 7 heteroatoms. The van der Waals surface area contributed by atoms with E-state index in [0.29, 0.717) is 22.7 Å². The molecule has 3 aromatic carbocycles. The van der Waals surface area contributed by atoms with Crippen molar-refractivity contribution in [3.8, 4) is 23.6 Å². The van der Waals surface area contributed by atoms with Crippen molar-refractivity contribution in [1.82, 2.24) is 0 Å². The molecule has 0 aliphatic carbocycles. The summed E-state index contributed by atoms with van der Waals surface area (Å²) in [4.78, 5) is 12.5. The summed E-state index contributed by atoms with van der Waals surface area (Å²) in [5, 5.41) is 23.9. The molecule has 0 bridgehead atoms. The highest BCUT2D eigenvalue weighted by Gasteiger charge is 2.07. The van der Waals surface area contributed by atoms with E-state index in [4.69, 9.17) is 15.3 Å². The molecule has 0 saturated heterocycles. The number of para-hydroxylation sites is 1. The Labute approximate surface area is 167 Å². The van der Waals surface area contributed by atoms with Crippen molar-refractivity contribution in [2.75, 3.05) is 10.7 Å². The van der Waals surface area contributed by atoms with Gasteiger partial charge in [-0.3, -0.25) is 10.2 Å². The summed E-state index contributed by atoms with van der Waals surface area (Å²) in [6, 6.07) is 26.3. The first-order valence-electron chi connectivity index (χ1n) is 8.56. The second kappa shape index (κ2) is 9.36. The topological polar surface area (TPSA) is 110 Å². The zero-order valence-electron chi connectivity index (χ0n) is 15.2. The largest absolute Gasteiger partial charge is 0.457 e. The second-order valence-corrected chi connectivity index (χ2v) is 5.77. The minimum Gasteiger partial charge on any atom is -0.457 e. The van der Waals surface area contributed by atoms with E-state index in [1.807, 2.05) is 30.3 Å². The molecule has 0 atom stereocenters. The van der Waals surface area contributed by atoms with Crippen molar-refractivity contribution in [3.63, 3.8) is 0 Å². The molecular formula is C22H15N5O2. The second-order valence-electron chi connectivity index (χ2n) is 5.77. The summed E-state index contributed by atoms with van der Waals surface area (Å²) < 4.78 is 5.72. The normalized spacial score (nSPS) is 9.45. The maximum Gasteiger partial charge on any atom is 0.255 e. The first-order chi connectivity index (χ1) is 14.2. The lowest BCUT2D eigenvalue weighted by atomic mass is 10.2. The minimum atomic E-state index is -0.310. The summed E-state index contributed by atoms with van der Waals surface area (Å²) in [5.41, 5.74) is 3.76. The summed E-state index contributed by atoms with van der Waals surface area (Å²) >= 11 is 0.